The predicted octanol–water partition coefficient (Wildman–Crippen LogP) is 4.28. The second kappa shape index (κ2) is 9.54. The van der Waals surface area contributed by atoms with Gasteiger partial charge in [0.15, 0.2) is 0 Å². The molecule has 3 aromatic rings. The Bertz CT molecular complexity index is 1330. The number of rotatable bonds is 6. The lowest BCUT2D eigenvalue weighted by atomic mass is 9.89. The van der Waals surface area contributed by atoms with Gasteiger partial charge in [-0.3, -0.25) is 4.79 Å². The Morgan fingerprint density at radius 3 is 2.40 bits per heavy atom. The molecule has 8 nitrogen and oxygen atoms in total. The van der Waals surface area contributed by atoms with Gasteiger partial charge < -0.3 is 19.4 Å². The predicted molar refractivity (Wildman–Crippen MR) is 136 cm³/mol. The molecule has 9 heteroatoms. The first-order valence-corrected chi connectivity index (χ1v) is 13.2. The number of H-pyrrole nitrogens is 1. The third kappa shape index (κ3) is 5.31. The summed E-state index contributed by atoms with van der Waals surface area (Å²) in [5, 5.41) is 1.14. The molecule has 2 N–H and O–H groups in total. The fourth-order valence-electron chi connectivity index (χ4n) is 4.64. The molecule has 2 heterocycles. The quantitative estimate of drug-likeness (QED) is 0.527. The van der Waals surface area contributed by atoms with Crippen LogP contribution in [0.2, 0.25) is 0 Å². The molecule has 0 unspecified atom stereocenters. The summed E-state index contributed by atoms with van der Waals surface area (Å²) in [5.41, 5.74) is 1.96. The summed E-state index contributed by atoms with van der Waals surface area (Å²) in [6.45, 7) is 6.48. The summed E-state index contributed by atoms with van der Waals surface area (Å²) in [5.74, 6) is 1.16. The van der Waals surface area contributed by atoms with Gasteiger partial charge in [0.05, 0.1) is 14.2 Å². The van der Waals surface area contributed by atoms with Crippen molar-refractivity contribution >= 4 is 26.8 Å². The zero-order valence-electron chi connectivity index (χ0n) is 20.8. The molecule has 0 atom stereocenters. The minimum Gasteiger partial charge on any atom is -0.497 e. The lowest BCUT2D eigenvalue weighted by Crippen LogP contribution is -2.41. The van der Waals surface area contributed by atoms with Crippen molar-refractivity contribution in [3.05, 3.63) is 53.7 Å². The van der Waals surface area contributed by atoms with Crippen molar-refractivity contribution in [2.75, 3.05) is 27.3 Å². The molecule has 188 valence electrons. The van der Waals surface area contributed by atoms with Crippen molar-refractivity contribution < 1.29 is 22.7 Å². The number of hydrogen-bond acceptors (Lipinski definition) is 5. The Balaban J connectivity index is 1.52. The van der Waals surface area contributed by atoms with E-state index in [1.807, 2.05) is 18.2 Å². The van der Waals surface area contributed by atoms with Crippen LogP contribution >= 0.6 is 0 Å². The molecule has 1 aliphatic heterocycles. The minimum atomic E-state index is -3.87. The largest absolute Gasteiger partial charge is 0.497 e. The third-order valence-electron chi connectivity index (χ3n) is 6.28. The number of hydrogen-bond donors (Lipinski definition) is 2. The molecule has 1 aromatic heterocycles. The molecule has 0 saturated carbocycles. The number of carbonyl (C=O) groups is 1. The summed E-state index contributed by atoms with van der Waals surface area (Å²) in [4.78, 5) is 18.4. The monoisotopic (exact) mass is 499 g/mol. The maximum Gasteiger partial charge on any atom is 0.253 e. The fraction of sp³-hybridized carbons (Fsp3) is 0.423. The lowest BCUT2D eigenvalue weighted by molar-refractivity contribution is 0.0713. The molecule has 0 bridgehead atoms. The minimum absolute atomic E-state index is 0.0385. The van der Waals surface area contributed by atoms with Crippen LogP contribution in [0.4, 0.5) is 0 Å². The van der Waals surface area contributed by atoms with E-state index in [-0.39, 0.29) is 16.6 Å². The Hall–Kier alpha value is -3.04. The molecule has 0 radical (unpaired) electrons. The number of ether oxygens (including phenoxy) is 2. The van der Waals surface area contributed by atoms with E-state index >= 15 is 0 Å². The average molecular weight is 500 g/mol. The van der Waals surface area contributed by atoms with E-state index in [0.29, 0.717) is 24.6 Å². The van der Waals surface area contributed by atoms with Crippen molar-refractivity contribution in [2.45, 2.75) is 50.0 Å². The van der Waals surface area contributed by atoms with E-state index in [1.54, 1.807) is 38.8 Å². The van der Waals surface area contributed by atoms with Crippen LogP contribution < -0.4 is 14.2 Å². The van der Waals surface area contributed by atoms with E-state index < -0.39 is 15.6 Å². The van der Waals surface area contributed by atoms with E-state index in [1.165, 1.54) is 24.8 Å². The highest BCUT2D eigenvalue weighted by atomic mass is 32.2. The van der Waals surface area contributed by atoms with Crippen LogP contribution in [0.5, 0.6) is 11.5 Å². The second-order valence-corrected chi connectivity index (χ2v) is 11.6. The molecular weight excluding hydrogens is 466 g/mol. The van der Waals surface area contributed by atoms with Crippen LogP contribution in [0.1, 0.15) is 55.5 Å². The smallest absolute Gasteiger partial charge is 0.253 e. The number of nitrogens with one attached hydrogen (secondary N) is 2. The number of benzene rings is 2. The first-order valence-electron chi connectivity index (χ1n) is 11.7. The number of sulfonamides is 1. The van der Waals surface area contributed by atoms with Crippen molar-refractivity contribution in [2.24, 2.45) is 0 Å². The number of nitrogens with zero attached hydrogens (tertiary/aromatic N) is 1. The number of carbonyl (C=O) groups excluding carboxylic acids is 1. The lowest BCUT2D eigenvalue weighted by Gasteiger charge is -2.32. The summed E-state index contributed by atoms with van der Waals surface area (Å²) in [7, 11) is -0.798. The molecule has 4 rings (SSSR count). The molecular formula is C26H33N3O5S. The standard InChI is InChI=1S/C26H33N3O5S/c1-26(2,3)28-35(31,32)24-14-18(6-9-23(24)34-5)25(30)29-12-10-17(11-13-29)21-16-27-22-8-7-19(33-4)15-20(21)22/h6-9,14-17,27-28H,10-13H2,1-5H3. The number of likely N-dealkylation sites (tertiary alicyclic amines) is 1. The SMILES string of the molecule is COc1ccc2[nH]cc(C3CCN(C(=O)c4ccc(OC)c(S(=O)(=O)NC(C)(C)C)c4)CC3)c2c1. The third-order valence-corrected chi connectivity index (χ3v) is 8.06. The van der Waals surface area contributed by atoms with Crippen molar-refractivity contribution in [3.8, 4) is 11.5 Å². The highest BCUT2D eigenvalue weighted by Gasteiger charge is 2.29. The van der Waals surface area contributed by atoms with E-state index in [9.17, 15) is 13.2 Å². The van der Waals surface area contributed by atoms with Crippen molar-refractivity contribution in [3.63, 3.8) is 0 Å². The molecule has 1 aliphatic rings. The molecule has 1 amide bonds. The van der Waals surface area contributed by atoms with Crippen LogP contribution in [0.15, 0.2) is 47.5 Å². The van der Waals surface area contributed by atoms with Crippen molar-refractivity contribution in [1.82, 2.24) is 14.6 Å². The highest BCUT2D eigenvalue weighted by Crippen LogP contribution is 2.35. The first-order chi connectivity index (χ1) is 16.5. The number of aromatic nitrogens is 1. The van der Waals surface area contributed by atoms with Gasteiger partial charge in [-0.25, -0.2) is 13.1 Å². The van der Waals surface area contributed by atoms with Gasteiger partial charge in [-0.15, -0.1) is 0 Å². The second-order valence-electron chi connectivity index (χ2n) is 9.94. The maximum absolute atomic E-state index is 13.3. The van der Waals surface area contributed by atoms with Gasteiger partial charge in [-0.1, -0.05) is 0 Å². The topological polar surface area (TPSA) is 101 Å². The van der Waals surface area contributed by atoms with Gasteiger partial charge in [0.25, 0.3) is 5.91 Å². The normalized spacial score (nSPS) is 15.4. The Labute approximate surface area is 206 Å². The zero-order valence-corrected chi connectivity index (χ0v) is 21.7. The van der Waals surface area contributed by atoms with Gasteiger partial charge in [-0.2, -0.15) is 0 Å². The number of fused-ring (bicyclic) bond motifs is 1. The first kappa shape index (κ1) is 25.1. The van der Waals surface area contributed by atoms with Crippen LogP contribution in [-0.4, -0.2) is 57.1 Å². The molecule has 0 spiro atoms. The Morgan fingerprint density at radius 2 is 1.77 bits per heavy atom. The summed E-state index contributed by atoms with van der Waals surface area (Å²) in [6, 6.07) is 10.6. The Kier molecular flexibility index (Phi) is 6.83. The molecule has 1 saturated heterocycles. The summed E-state index contributed by atoms with van der Waals surface area (Å²) < 4.78 is 39.3. The fourth-order valence-corrected chi connectivity index (χ4v) is 6.25. The Morgan fingerprint density at radius 1 is 1.06 bits per heavy atom. The maximum atomic E-state index is 13.3. The van der Waals surface area contributed by atoms with Crippen LogP contribution in [0, 0.1) is 0 Å². The highest BCUT2D eigenvalue weighted by molar-refractivity contribution is 7.89. The number of amides is 1. The van der Waals surface area contributed by atoms with Gasteiger partial charge in [0, 0.05) is 41.3 Å². The van der Waals surface area contributed by atoms with Crippen LogP contribution in [-0.2, 0) is 10.0 Å². The number of piperidine rings is 1. The molecule has 0 aliphatic carbocycles. The number of aromatic amines is 1. The van der Waals surface area contributed by atoms with Gasteiger partial charge in [-0.05, 0) is 81.5 Å². The van der Waals surface area contributed by atoms with Gasteiger partial charge >= 0.3 is 0 Å². The zero-order chi connectivity index (χ0) is 25.4. The average Bonchev–Trinajstić information content (AvgIpc) is 3.25. The molecule has 35 heavy (non-hydrogen) atoms. The molecule has 1 fully saturated rings. The van der Waals surface area contributed by atoms with E-state index in [0.717, 1.165) is 29.5 Å². The summed E-state index contributed by atoms with van der Waals surface area (Å²) in [6.07, 6.45) is 3.70. The van der Waals surface area contributed by atoms with E-state index in [2.05, 4.69) is 15.9 Å². The van der Waals surface area contributed by atoms with Crippen molar-refractivity contribution in [1.29, 1.82) is 0 Å². The summed E-state index contributed by atoms with van der Waals surface area (Å²) >= 11 is 0. The van der Waals surface area contributed by atoms with Gasteiger partial charge in [0.2, 0.25) is 10.0 Å². The number of methoxy groups -OCH3 is 2. The molecule has 2 aromatic carbocycles. The van der Waals surface area contributed by atoms with Crippen LogP contribution in [0.25, 0.3) is 10.9 Å². The van der Waals surface area contributed by atoms with E-state index in [4.69, 9.17) is 9.47 Å². The van der Waals surface area contributed by atoms with Gasteiger partial charge in [0.1, 0.15) is 16.4 Å². The van der Waals surface area contributed by atoms with Crippen LogP contribution in [0.3, 0.4) is 0 Å².